The minimum Gasteiger partial charge on any atom is -0.349 e. The largest absolute Gasteiger partial charge is 0.349 e. The summed E-state index contributed by atoms with van der Waals surface area (Å²) < 4.78 is 15.4. The first-order chi connectivity index (χ1) is 13.5. The summed E-state index contributed by atoms with van der Waals surface area (Å²) >= 11 is 5.74. The van der Waals surface area contributed by atoms with Gasteiger partial charge in [-0.15, -0.1) is 0 Å². The number of carbonyl (C=O) groups excluding carboxylic acids is 1. The number of carbonyl (C=O) groups is 1. The lowest BCUT2D eigenvalue weighted by atomic mass is 10.1. The van der Waals surface area contributed by atoms with Crippen LogP contribution in [0.25, 0.3) is 11.4 Å². The summed E-state index contributed by atoms with van der Waals surface area (Å²) in [4.78, 5) is 17.1. The average molecular weight is 399 g/mol. The molecule has 1 heterocycles. The molecule has 0 fully saturated rings. The Hall–Kier alpha value is -2.73. The van der Waals surface area contributed by atoms with Crippen LogP contribution in [0, 0.1) is 5.82 Å². The third-order valence-corrected chi connectivity index (χ3v) is 5.32. The number of nitrogens with zero attached hydrogens (tertiary/aromatic N) is 3. The molecule has 1 aliphatic rings. The number of benzene rings is 2. The molecule has 144 valence electrons. The molecule has 1 unspecified atom stereocenters. The van der Waals surface area contributed by atoms with Gasteiger partial charge in [-0.25, -0.2) is 14.1 Å². The number of amides is 1. The Morgan fingerprint density at radius 2 is 2.14 bits per heavy atom. The topological polar surface area (TPSA) is 59.8 Å². The normalized spacial score (nSPS) is 15.5. The molecule has 1 aliphatic carbocycles. The number of aryl methyl sites for hydroxylation is 2. The quantitative estimate of drug-likeness (QED) is 0.703. The first kappa shape index (κ1) is 18.6. The minimum absolute atomic E-state index is 0.0338. The third-order valence-electron chi connectivity index (χ3n) is 5.01. The second-order valence-electron chi connectivity index (χ2n) is 6.83. The maximum Gasteiger partial charge on any atom is 0.228 e. The molecule has 1 aromatic heterocycles. The molecule has 0 saturated carbocycles. The van der Waals surface area contributed by atoms with Gasteiger partial charge >= 0.3 is 0 Å². The summed E-state index contributed by atoms with van der Waals surface area (Å²) in [6.07, 6.45) is 2.00. The van der Waals surface area contributed by atoms with E-state index in [0.29, 0.717) is 23.8 Å². The van der Waals surface area contributed by atoms with Crippen LogP contribution in [0.15, 0.2) is 42.5 Å². The molecule has 3 aromatic rings. The number of nitrogens with one attached hydrogen (secondary N) is 1. The van der Waals surface area contributed by atoms with Gasteiger partial charge in [-0.05, 0) is 49.1 Å². The molecule has 2 aromatic carbocycles. The molecular weight excluding hydrogens is 379 g/mol. The molecule has 0 saturated heterocycles. The monoisotopic (exact) mass is 398 g/mol. The van der Waals surface area contributed by atoms with Crippen molar-refractivity contribution in [2.75, 3.05) is 0 Å². The second-order valence-corrected chi connectivity index (χ2v) is 7.24. The van der Waals surface area contributed by atoms with Crippen LogP contribution in [-0.4, -0.2) is 20.7 Å². The van der Waals surface area contributed by atoms with Crippen LogP contribution in [0.4, 0.5) is 4.39 Å². The predicted molar refractivity (Wildman–Crippen MR) is 105 cm³/mol. The zero-order valence-electron chi connectivity index (χ0n) is 15.5. The molecular formula is C21H20ClFN4O. The zero-order chi connectivity index (χ0) is 19.7. The van der Waals surface area contributed by atoms with Crippen LogP contribution in [0.2, 0.25) is 5.02 Å². The number of rotatable bonds is 5. The molecule has 1 atom stereocenters. The van der Waals surface area contributed by atoms with Gasteiger partial charge in [-0.3, -0.25) is 4.79 Å². The summed E-state index contributed by atoms with van der Waals surface area (Å²) in [6, 6.07) is 12.7. The lowest BCUT2D eigenvalue weighted by molar-refractivity contribution is -0.121. The van der Waals surface area contributed by atoms with Crippen LogP contribution in [0.3, 0.4) is 0 Å². The molecule has 1 N–H and O–H groups in total. The van der Waals surface area contributed by atoms with Crippen LogP contribution in [0.5, 0.6) is 0 Å². The zero-order valence-corrected chi connectivity index (χ0v) is 16.2. The van der Waals surface area contributed by atoms with E-state index in [9.17, 15) is 9.18 Å². The first-order valence-corrected chi connectivity index (χ1v) is 9.69. The van der Waals surface area contributed by atoms with Crippen LogP contribution < -0.4 is 5.32 Å². The van der Waals surface area contributed by atoms with E-state index in [2.05, 4.69) is 27.5 Å². The fraction of sp³-hybridized carbons (Fsp3) is 0.286. The fourth-order valence-corrected chi connectivity index (χ4v) is 3.73. The van der Waals surface area contributed by atoms with Crippen molar-refractivity contribution in [2.45, 2.75) is 38.8 Å². The lowest BCUT2D eigenvalue weighted by Crippen LogP contribution is -2.29. The summed E-state index contributed by atoms with van der Waals surface area (Å²) in [5, 5.41) is 7.56. The standard InChI is InChI=1S/C21H20ClFN4O/c1-2-27-19(25-21(26-27)14-7-9-16(22)17(23)11-14)12-20(28)24-18-10-8-13-5-3-4-6-15(13)18/h3-7,9,11,18H,2,8,10,12H2,1H3,(H,24,28). The van der Waals surface area contributed by atoms with Crippen LogP contribution >= 0.6 is 11.6 Å². The number of aromatic nitrogens is 3. The van der Waals surface area contributed by atoms with Gasteiger partial charge in [-0.2, -0.15) is 5.10 Å². The molecule has 5 nitrogen and oxygen atoms in total. The summed E-state index contributed by atoms with van der Waals surface area (Å²) in [7, 11) is 0. The number of hydrogen-bond donors (Lipinski definition) is 1. The van der Waals surface area contributed by atoms with Crippen molar-refractivity contribution in [3.05, 3.63) is 70.3 Å². The summed E-state index contributed by atoms with van der Waals surface area (Å²) in [5.41, 5.74) is 3.00. The summed E-state index contributed by atoms with van der Waals surface area (Å²) in [5.74, 6) is 0.312. The molecule has 1 amide bonds. The molecule has 0 aliphatic heterocycles. The lowest BCUT2D eigenvalue weighted by Gasteiger charge is -2.14. The van der Waals surface area contributed by atoms with E-state index in [1.165, 1.54) is 23.3 Å². The van der Waals surface area contributed by atoms with Gasteiger partial charge in [0.05, 0.1) is 17.5 Å². The van der Waals surface area contributed by atoms with Crippen molar-refractivity contribution in [2.24, 2.45) is 0 Å². The highest BCUT2D eigenvalue weighted by atomic mass is 35.5. The van der Waals surface area contributed by atoms with Crippen LogP contribution in [0.1, 0.15) is 36.3 Å². The maximum absolute atomic E-state index is 13.8. The summed E-state index contributed by atoms with van der Waals surface area (Å²) in [6.45, 7) is 2.49. The molecule has 0 bridgehead atoms. The molecule has 0 radical (unpaired) electrons. The van der Waals surface area contributed by atoms with Crippen molar-refractivity contribution in [1.82, 2.24) is 20.1 Å². The van der Waals surface area contributed by atoms with Gasteiger partial charge in [0.25, 0.3) is 0 Å². The van der Waals surface area contributed by atoms with E-state index in [4.69, 9.17) is 11.6 Å². The van der Waals surface area contributed by atoms with E-state index >= 15 is 0 Å². The van der Waals surface area contributed by atoms with Gasteiger partial charge in [0, 0.05) is 12.1 Å². The number of hydrogen-bond acceptors (Lipinski definition) is 3. The first-order valence-electron chi connectivity index (χ1n) is 9.31. The van der Waals surface area contributed by atoms with Gasteiger partial charge in [-0.1, -0.05) is 35.9 Å². The number of fused-ring (bicyclic) bond motifs is 1. The smallest absolute Gasteiger partial charge is 0.228 e. The SMILES string of the molecule is CCn1nc(-c2ccc(Cl)c(F)c2)nc1CC(=O)NC1CCc2ccccc21. The Balaban J connectivity index is 1.51. The fourth-order valence-electron chi connectivity index (χ4n) is 3.61. The van der Waals surface area contributed by atoms with Gasteiger partial charge in [0.1, 0.15) is 11.6 Å². The van der Waals surface area contributed by atoms with E-state index < -0.39 is 5.82 Å². The predicted octanol–water partition coefficient (Wildman–Crippen LogP) is 4.10. The highest BCUT2D eigenvalue weighted by Crippen LogP contribution is 2.30. The van der Waals surface area contributed by atoms with E-state index in [-0.39, 0.29) is 23.4 Å². The molecule has 7 heteroatoms. The van der Waals surface area contributed by atoms with Crippen molar-refractivity contribution < 1.29 is 9.18 Å². The Morgan fingerprint density at radius 1 is 1.32 bits per heavy atom. The highest BCUT2D eigenvalue weighted by Gasteiger charge is 2.24. The van der Waals surface area contributed by atoms with Gasteiger partial charge in [0.2, 0.25) is 5.91 Å². The Kier molecular flexibility index (Phi) is 5.13. The Bertz CT molecular complexity index is 1030. The second kappa shape index (κ2) is 7.72. The Morgan fingerprint density at radius 3 is 2.93 bits per heavy atom. The van der Waals surface area contributed by atoms with Crippen molar-refractivity contribution in [3.8, 4) is 11.4 Å². The van der Waals surface area contributed by atoms with E-state index in [0.717, 1.165) is 12.8 Å². The van der Waals surface area contributed by atoms with Crippen molar-refractivity contribution in [1.29, 1.82) is 0 Å². The van der Waals surface area contributed by atoms with Crippen LogP contribution in [-0.2, 0) is 24.2 Å². The van der Waals surface area contributed by atoms with Crippen molar-refractivity contribution in [3.63, 3.8) is 0 Å². The van der Waals surface area contributed by atoms with Gasteiger partial charge < -0.3 is 5.32 Å². The minimum atomic E-state index is -0.522. The van der Waals surface area contributed by atoms with E-state index in [1.807, 2.05) is 19.1 Å². The van der Waals surface area contributed by atoms with Gasteiger partial charge in [0.15, 0.2) is 5.82 Å². The molecule has 4 rings (SSSR count). The number of halogens is 2. The van der Waals surface area contributed by atoms with E-state index in [1.54, 1.807) is 10.7 Å². The molecule has 28 heavy (non-hydrogen) atoms. The third kappa shape index (κ3) is 3.64. The highest BCUT2D eigenvalue weighted by molar-refractivity contribution is 6.30. The van der Waals surface area contributed by atoms with Crippen molar-refractivity contribution >= 4 is 17.5 Å². The maximum atomic E-state index is 13.8. The molecule has 0 spiro atoms. The Labute approximate surface area is 167 Å². The average Bonchev–Trinajstić information content (AvgIpc) is 3.28.